The lowest BCUT2D eigenvalue weighted by atomic mass is 9.96. The number of aliphatic hydroxyl groups excluding tert-OH is 3. The minimum Gasteiger partial charge on any atom is -0.394 e. The van der Waals surface area contributed by atoms with Crippen molar-refractivity contribution in [1.29, 1.82) is 0 Å². The number of thioether (sulfide) groups is 1. The number of amides is 1. The van der Waals surface area contributed by atoms with Crippen molar-refractivity contribution in [2.45, 2.75) is 34.7 Å². The Balaban J connectivity index is 1.82. The first kappa shape index (κ1) is 24.1. The Morgan fingerprint density at radius 1 is 1.06 bits per heavy atom. The minimum atomic E-state index is -1.74. The molecule has 168 valence electrons. The lowest BCUT2D eigenvalue weighted by Gasteiger charge is -2.42. The smallest absolute Gasteiger partial charge is 0.251 e. The van der Waals surface area contributed by atoms with Crippen LogP contribution >= 0.6 is 35.0 Å². The second kappa shape index (κ2) is 9.95. The van der Waals surface area contributed by atoms with Crippen molar-refractivity contribution in [2.24, 2.45) is 0 Å². The Kier molecular flexibility index (Phi) is 7.74. The van der Waals surface area contributed by atoms with Crippen LogP contribution in [0.4, 0.5) is 13.2 Å². The van der Waals surface area contributed by atoms with Crippen molar-refractivity contribution in [3.8, 4) is 0 Å². The van der Waals surface area contributed by atoms with Gasteiger partial charge in [0.2, 0.25) is 0 Å². The van der Waals surface area contributed by atoms with E-state index in [1.54, 1.807) is 6.07 Å². The summed E-state index contributed by atoms with van der Waals surface area (Å²) in [6, 6.07) is 4.23. The monoisotopic (exact) mass is 497 g/mol. The van der Waals surface area contributed by atoms with Gasteiger partial charge in [0.25, 0.3) is 5.91 Å². The van der Waals surface area contributed by atoms with Gasteiger partial charge in [-0.05, 0) is 30.3 Å². The van der Waals surface area contributed by atoms with Gasteiger partial charge in [0.05, 0.1) is 22.7 Å². The van der Waals surface area contributed by atoms with Gasteiger partial charge in [-0.2, -0.15) is 0 Å². The molecule has 2 aromatic carbocycles. The second-order valence-electron chi connectivity index (χ2n) is 6.65. The maximum Gasteiger partial charge on any atom is 0.251 e. The number of hydrogen-bond acceptors (Lipinski definition) is 6. The van der Waals surface area contributed by atoms with E-state index in [-0.39, 0.29) is 5.02 Å². The van der Waals surface area contributed by atoms with Gasteiger partial charge in [0.1, 0.15) is 23.7 Å². The first-order valence-corrected chi connectivity index (χ1v) is 10.5. The van der Waals surface area contributed by atoms with Gasteiger partial charge in [0.15, 0.2) is 17.5 Å². The van der Waals surface area contributed by atoms with Gasteiger partial charge < -0.3 is 25.4 Å². The van der Waals surface area contributed by atoms with Crippen molar-refractivity contribution in [2.75, 3.05) is 6.61 Å². The summed E-state index contributed by atoms with van der Waals surface area (Å²) >= 11 is 12.8. The van der Waals surface area contributed by atoms with E-state index in [0.717, 1.165) is 11.8 Å². The molecule has 0 spiro atoms. The Morgan fingerprint density at radius 2 is 1.71 bits per heavy atom. The average molecular weight is 498 g/mol. The fourth-order valence-electron chi connectivity index (χ4n) is 2.96. The highest BCUT2D eigenvalue weighted by atomic mass is 35.5. The Hall–Kier alpha value is -1.53. The molecule has 1 aliphatic rings. The molecule has 1 saturated heterocycles. The van der Waals surface area contributed by atoms with Gasteiger partial charge >= 0.3 is 0 Å². The second-order valence-corrected chi connectivity index (χ2v) is 8.64. The SMILES string of the molecule is O=C(N[C@@H]1C(O)[C@@H](Sc2ccc(Cl)c(Cl)c2)OC(CO)[C@@H]1O)c1cc(F)c(F)c(F)c1. The van der Waals surface area contributed by atoms with Gasteiger partial charge in [-0.25, -0.2) is 13.2 Å². The number of benzene rings is 2. The molecule has 6 nitrogen and oxygen atoms in total. The Bertz CT molecular complexity index is 963. The summed E-state index contributed by atoms with van der Waals surface area (Å²) in [6.07, 6.45) is -4.24. The number of ether oxygens (including phenoxy) is 1. The zero-order chi connectivity index (χ0) is 22.9. The van der Waals surface area contributed by atoms with Crippen LogP contribution < -0.4 is 5.32 Å². The number of hydrogen-bond donors (Lipinski definition) is 4. The summed E-state index contributed by atoms with van der Waals surface area (Å²) in [5.41, 5.74) is -1.62. The first-order valence-electron chi connectivity index (χ1n) is 8.82. The maximum absolute atomic E-state index is 13.4. The molecular weight excluding hydrogens is 482 g/mol. The normalized spacial score (nSPS) is 26.0. The number of nitrogens with one attached hydrogen (secondary N) is 1. The van der Waals surface area contributed by atoms with Crippen LogP contribution in [0.5, 0.6) is 0 Å². The molecule has 4 N–H and O–H groups in total. The molecule has 1 amide bonds. The molecular formula is C19H16Cl2F3NO5S. The van der Waals surface area contributed by atoms with Gasteiger partial charge in [-0.3, -0.25) is 4.79 Å². The van der Waals surface area contributed by atoms with Crippen LogP contribution in [-0.2, 0) is 4.74 Å². The molecule has 1 aliphatic heterocycles. The summed E-state index contributed by atoms with van der Waals surface area (Å²) in [5, 5.41) is 33.4. The predicted octanol–water partition coefficient (Wildman–Crippen LogP) is 2.74. The van der Waals surface area contributed by atoms with E-state index in [4.69, 9.17) is 27.9 Å². The van der Waals surface area contributed by atoms with E-state index >= 15 is 0 Å². The number of carbonyl (C=O) groups is 1. The molecule has 0 bridgehead atoms. The molecule has 1 fully saturated rings. The molecule has 0 aromatic heterocycles. The van der Waals surface area contributed by atoms with Crippen molar-refractivity contribution < 1.29 is 38.0 Å². The number of halogens is 5. The fraction of sp³-hybridized carbons (Fsp3) is 0.316. The number of aliphatic hydroxyl groups is 3. The van der Waals surface area contributed by atoms with E-state index < -0.39 is 65.3 Å². The third kappa shape index (κ3) is 5.28. The lowest BCUT2D eigenvalue weighted by molar-refractivity contribution is -0.164. The van der Waals surface area contributed by atoms with E-state index in [0.29, 0.717) is 22.1 Å². The summed E-state index contributed by atoms with van der Waals surface area (Å²) in [5.74, 6) is -5.95. The number of carbonyl (C=O) groups excluding carboxylic acids is 1. The van der Waals surface area contributed by atoms with E-state index in [2.05, 4.69) is 5.32 Å². The van der Waals surface area contributed by atoms with Crippen LogP contribution in [0.25, 0.3) is 0 Å². The van der Waals surface area contributed by atoms with Crippen molar-refractivity contribution >= 4 is 40.9 Å². The summed E-state index contributed by atoms with van der Waals surface area (Å²) in [4.78, 5) is 13.0. The fourth-order valence-corrected chi connectivity index (χ4v) is 4.43. The van der Waals surface area contributed by atoms with E-state index in [9.17, 15) is 33.3 Å². The molecule has 0 radical (unpaired) electrons. The van der Waals surface area contributed by atoms with Crippen LogP contribution in [0.2, 0.25) is 10.0 Å². The Morgan fingerprint density at radius 3 is 2.29 bits per heavy atom. The molecule has 3 rings (SSSR count). The van der Waals surface area contributed by atoms with E-state index in [1.807, 2.05) is 0 Å². The van der Waals surface area contributed by atoms with Gasteiger partial charge in [-0.15, -0.1) is 0 Å². The maximum atomic E-state index is 13.4. The topological polar surface area (TPSA) is 99.0 Å². The standard InChI is InChI=1S/C19H16Cl2F3NO5S/c20-9-2-1-8(5-10(9)21)31-19-17(28)15(16(27)13(6-26)30-19)25-18(29)7-3-11(22)14(24)12(23)4-7/h1-5,13,15-17,19,26-28H,6H2,(H,25,29)/t13?,15-,16-,17?,19+/m0/s1. The predicted molar refractivity (Wildman–Crippen MR) is 108 cm³/mol. The largest absolute Gasteiger partial charge is 0.394 e. The summed E-state index contributed by atoms with van der Waals surface area (Å²) in [7, 11) is 0. The summed E-state index contributed by atoms with van der Waals surface area (Å²) in [6.45, 7) is -0.640. The molecule has 12 heteroatoms. The number of rotatable bonds is 5. The highest BCUT2D eigenvalue weighted by molar-refractivity contribution is 7.99. The molecule has 5 atom stereocenters. The van der Waals surface area contributed by atoms with E-state index in [1.165, 1.54) is 12.1 Å². The first-order chi connectivity index (χ1) is 14.6. The molecule has 31 heavy (non-hydrogen) atoms. The third-order valence-corrected chi connectivity index (χ3v) is 6.46. The lowest BCUT2D eigenvalue weighted by Crippen LogP contribution is -2.63. The average Bonchev–Trinajstić information content (AvgIpc) is 2.73. The Labute approximate surface area is 188 Å². The van der Waals surface area contributed by atoms with Crippen LogP contribution in [0, 0.1) is 17.5 Å². The van der Waals surface area contributed by atoms with Gasteiger partial charge in [0, 0.05) is 10.5 Å². The van der Waals surface area contributed by atoms with Crippen molar-refractivity contribution in [1.82, 2.24) is 5.32 Å². The van der Waals surface area contributed by atoms with Crippen LogP contribution in [0.15, 0.2) is 35.2 Å². The summed E-state index contributed by atoms with van der Waals surface area (Å²) < 4.78 is 45.5. The molecule has 2 unspecified atom stereocenters. The molecule has 0 saturated carbocycles. The quantitative estimate of drug-likeness (QED) is 0.474. The third-order valence-electron chi connectivity index (χ3n) is 4.57. The highest BCUT2D eigenvalue weighted by Crippen LogP contribution is 2.36. The molecule has 2 aromatic rings. The van der Waals surface area contributed by atoms with Crippen LogP contribution in [0.1, 0.15) is 10.4 Å². The van der Waals surface area contributed by atoms with Crippen LogP contribution in [-0.4, -0.2) is 57.6 Å². The molecule has 0 aliphatic carbocycles. The van der Waals surface area contributed by atoms with Gasteiger partial charge in [-0.1, -0.05) is 35.0 Å². The highest BCUT2D eigenvalue weighted by Gasteiger charge is 2.45. The molecule has 1 heterocycles. The van der Waals surface area contributed by atoms with Crippen molar-refractivity contribution in [3.05, 3.63) is 63.4 Å². The van der Waals surface area contributed by atoms with Crippen molar-refractivity contribution in [3.63, 3.8) is 0 Å². The van der Waals surface area contributed by atoms with Crippen LogP contribution in [0.3, 0.4) is 0 Å². The minimum absolute atomic E-state index is 0.251. The zero-order valence-electron chi connectivity index (χ0n) is 15.4. The zero-order valence-corrected chi connectivity index (χ0v) is 17.8.